The molecule has 1 aromatic rings. The SMILES string of the molecule is C[C@@H](C(=O)NCC1(O)CCSCC1)c1cccs1. The summed E-state index contributed by atoms with van der Waals surface area (Å²) in [6.45, 7) is 2.28. The first-order chi connectivity index (χ1) is 8.61. The molecule has 1 aromatic heterocycles. The molecule has 3 nitrogen and oxygen atoms in total. The number of amides is 1. The second kappa shape index (κ2) is 6.08. The van der Waals surface area contributed by atoms with Crippen LogP contribution >= 0.6 is 23.1 Å². The minimum Gasteiger partial charge on any atom is -0.388 e. The van der Waals surface area contributed by atoms with E-state index >= 15 is 0 Å². The van der Waals surface area contributed by atoms with Crippen LogP contribution in [0.2, 0.25) is 0 Å². The Balaban J connectivity index is 1.84. The number of thioether (sulfide) groups is 1. The summed E-state index contributed by atoms with van der Waals surface area (Å²) in [6, 6.07) is 3.93. The van der Waals surface area contributed by atoms with Gasteiger partial charge in [0, 0.05) is 11.4 Å². The standard InChI is InChI=1S/C13H19NO2S2/c1-10(11-3-2-6-18-11)12(15)14-9-13(16)4-7-17-8-5-13/h2-3,6,10,16H,4-5,7-9H2,1H3,(H,14,15)/t10-/m1/s1. The third-order valence-electron chi connectivity index (χ3n) is 3.38. The lowest BCUT2D eigenvalue weighted by molar-refractivity contribution is -0.123. The maximum atomic E-state index is 12.0. The van der Waals surface area contributed by atoms with Gasteiger partial charge in [-0.05, 0) is 42.7 Å². The van der Waals surface area contributed by atoms with Gasteiger partial charge in [0.1, 0.15) is 0 Å². The summed E-state index contributed by atoms with van der Waals surface area (Å²) in [6.07, 6.45) is 1.54. The van der Waals surface area contributed by atoms with Crippen molar-refractivity contribution in [2.75, 3.05) is 18.1 Å². The molecule has 1 atom stereocenters. The van der Waals surface area contributed by atoms with Gasteiger partial charge in [0.25, 0.3) is 0 Å². The third-order valence-corrected chi connectivity index (χ3v) is 5.42. The zero-order valence-corrected chi connectivity index (χ0v) is 12.1. The van der Waals surface area contributed by atoms with Crippen LogP contribution in [0.4, 0.5) is 0 Å². The van der Waals surface area contributed by atoms with Crippen molar-refractivity contribution in [1.82, 2.24) is 5.32 Å². The molecule has 0 saturated carbocycles. The molecule has 2 heterocycles. The molecule has 1 saturated heterocycles. The van der Waals surface area contributed by atoms with Crippen LogP contribution in [0, 0.1) is 0 Å². The van der Waals surface area contributed by atoms with Gasteiger partial charge >= 0.3 is 0 Å². The Kier molecular flexibility index (Phi) is 4.70. The fourth-order valence-corrected chi connectivity index (χ4v) is 4.04. The Morgan fingerprint density at radius 2 is 2.28 bits per heavy atom. The van der Waals surface area contributed by atoms with Crippen LogP contribution in [-0.4, -0.2) is 34.7 Å². The van der Waals surface area contributed by atoms with E-state index in [1.165, 1.54) is 0 Å². The number of thiophene rings is 1. The molecule has 0 spiro atoms. The van der Waals surface area contributed by atoms with Crippen molar-refractivity contribution < 1.29 is 9.90 Å². The first-order valence-electron chi connectivity index (χ1n) is 6.22. The third kappa shape index (κ3) is 3.49. The average Bonchev–Trinajstić information content (AvgIpc) is 2.90. The van der Waals surface area contributed by atoms with E-state index in [1.54, 1.807) is 11.3 Å². The van der Waals surface area contributed by atoms with Gasteiger partial charge in [-0.15, -0.1) is 11.3 Å². The summed E-state index contributed by atoms with van der Waals surface area (Å²) in [5.41, 5.74) is -0.698. The van der Waals surface area contributed by atoms with Gasteiger partial charge in [0.15, 0.2) is 0 Å². The van der Waals surface area contributed by atoms with E-state index in [9.17, 15) is 9.90 Å². The first kappa shape index (κ1) is 13.9. The summed E-state index contributed by atoms with van der Waals surface area (Å²) < 4.78 is 0. The van der Waals surface area contributed by atoms with Crippen LogP contribution < -0.4 is 5.32 Å². The van der Waals surface area contributed by atoms with Crippen LogP contribution in [0.5, 0.6) is 0 Å². The number of hydrogen-bond donors (Lipinski definition) is 2. The predicted molar refractivity (Wildman–Crippen MR) is 77.3 cm³/mol. The molecule has 2 N–H and O–H groups in total. The molecule has 1 aliphatic rings. The van der Waals surface area contributed by atoms with Gasteiger partial charge < -0.3 is 10.4 Å². The Morgan fingerprint density at radius 3 is 2.89 bits per heavy atom. The summed E-state index contributed by atoms with van der Waals surface area (Å²) in [5.74, 6) is 1.83. The van der Waals surface area contributed by atoms with Crippen molar-refractivity contribution in [2.45, 2.75) is 31.3 Å². The van der Waals surface area contributed by atoms with Crippen molar-refractivity contribution in [3.05, 3.63) is 22.4 Å². The molecule has 0 bridgehead atoms. The molecular formula is C13H19NO2S2. The van der Waals surface area contributed by atoms with Crippen molar-refractivity contribution in [3.8, 4) is 0 Å². The lowest BCUT2D eigenvalue weighted by atomic mass is 9.96. The van der Waals surface area contributed by atoms with Crippen LogP contribution in [0.3, 0.4) is 0 Å². The van der Waals surface area contributed by atoms with E-state index in [2.05, 4.69) is 5.32 Å². The molecule has 0 aliphatic carbocycles. The molecule has 5 heteroatoms. The number of hydrogen-bond acceptors (Lipinski definition) is 4. The van der Waals surface area contributed by atoms with E-state index < -0.39 is 5.60 Å². The lowest BCUT2D eigenvalue weighted by Crippen LogP contribution is -2.46. The van der Waals surface area contributed by atoms with Gasteiger partial charge in [-0.1, -0.05) is 6.07 Å². The highest BCUT2D eigenvalue weighted by Crippen LogP contribution is 2.26. The van der Waals surface area contributed by atoms with Crippen molar-refractivity contribution >= 4 is 29.0 Å². The fraction of sp³-hybridized carbons (Fsp3) is 0.615. The molecular weight excluding hydrogens is 266 g/mol. The summed E-state index contributed by atoms with van der Waals surface area (Å²) >= 11 is 3.46. The highest BCUT2D eigenvalue weighted by Gasteiger charge is 2.30. The number of nitrogens with one attached hydrogen (secondary N) is 1. The number of carbonyl (C=O) groups excluding carboxylic acids is 1. The van der Waals surface area contributed by atoms with Crippen molar-refractivity contribution in [1.29, 1.82) is 0 Å². The number of carbonyl (C=O) groups is 1. The highest BCUT2D eigenvalue weighted by molar-refractivity contribution is 7.99. The molecule has 1 amide bonds. The largest absolute Gasteiger partial charge is 0.388 e. The Morgan fingerprint density at radius 1 is 1.56 bits per heavy atom. The van der Waals surface area contributed by atoms with Crippen LogP contribution in [0.15, 0.2) is 17.5 Å². The monoisotopic (exact) mass is 285 g/mol. The lowest BCUT2D eigenvalue weighted by Gasteiger charge is -2.32. The maximum Gasteiger partial charge on any atom is 0.228 e. The van der Waals surface area contributed by atoms with E-state index in [4.69, 9.17) is 0 Å². The average molecular weight is 285 g/mol. The summed E-state index contributed by atoms with van der Waals surface area (Å²) in [5, 5.41) is 15.2. The van der Waals surface area contributed by atoms with Crippen LogP contribution in [0.1, 0.15) is 30.6 Å². The summed E-state index contributed by atoms with van der Waals surface area (Å²) in [4.78, 5) is 13.1. The highest BCUT2D eigenvalue weighted by atomic mass is 32.2. The van der Waals surface area contributed by atoms with Crippen molar-refractivity contribution in [2.24, 2.45) is 0 Å². The normalized spacial score (nSPS) is 20.3. The molecule has 1 aliphatic heterocycles. The molecule has 100 valence electrons. The van der Waals surface area contributed by atoms with Gasteiger partial charge in [-0.25, -0.2) is 0 Å². The molecule has 2 rings (SSSR count). The van der Waals surface area contributed by atoms with Crippen molar-refractivity contribution in [3.63, 3.8) is 0 Å². The first-order valence-corrected chi connectivity index (χ1v) is 8.25. The van der Waals surface area contributed by atoms with E-state index in [0.29, 0.717) is 6.54 Å². The van der Waals surface area contributed by atoms with Gasteiger partial charge in [0.05, 0.1) is 11.5 Å². The minimum absolute atomic E-state index is 0.00380. The quantitative estimate of drug-likeness (QED) is 0.892. The molecule has 0 radical (unpaired) electrons. The van der Waals surface area contributed by atoms with Gasteiger partial charge in [0.2, 0.25) is 5.91 Å². The fourth-order valence-electron chi connectivity index (χ4n) is 2.00. The van der Waals surface area contributed by atoms with Crippen LogP contribution in [0.25, 0.3) is 0 Å². The van der Waals surface area contributed by atoms with Gasteiger partial charge in [-0.3, -0.25) is 4.79 Å². The smallest absolute Gasteiger partial charge is 0.228 e. The molecule has 0 aromatic carbocycles. The van der Waals surface area contributed by atoms with E-state index in [0.717, 1.165) is 29.2 Å². The molecule has 0 unspecified atom stereocenters. The Bertz CT molecular complexity index is 386. The minimum atomic E-state index is -0.698. The number of rotatable bonds is 4. The topological polar surface area (TPSA) is 49.3 Å². The Labute approximate surface area is 116 Å². The predicted octanol–water partition coefficient (Wildman–Crippen LogP) is 2.23. The number of aliphatic hydroxyl groups is 1. The van der Waals surface area contributed by atoms with Gasteiger partial charge in [-0.2, -0.15) is 11.8 Å². The second-order valence-corrected chi connectivity index (χ2v) is 7.00. The second-order valence-electron chi connectivity index (χ2n) is 4.79. The molecule has 18 heavy (non-hydrogen) atoms. The van der Waals surface area contributed by atoms with Crippen LogP contribution in [-0.2, 0) is 4.79 Å². The van der Waals surface area contributed by atoms with E-state index in [-0.39, 0.29) is 11.8 Å². The van der Waals surface area contributed by atoms with E-state index in [1.807, 2.05) is 36.2 Å². The Hall–Kier alpha value is -0.520. The molecule has 1 fully saturated rings. The maximum absolute atomic E-state index is 12.0. The zero-order valence-electron chi connectivity index (χ0n) is 10.5. The summed E-state index contributed by atoms with van der Waals surface area (Å²) in [7, 11) is 0. The zero-order chi connectivity index (χ0) is 13.0.